The van der Waals surface area contributed by atoms with Gasteiger partial charge in [0.2, 0.25) is 0 Å². The molecule has 0 aliphatic carbocycles. The van der Waals surface area contributed by atoms with Crippen LogP contribution in [0.3, 0.4) is 0 Å². The molecule has 3 aliphatic heterocycles. The number of hydrogen-bond donors (Lipinski definition) is 2. The molecular formula is C21H33N3O2. The van der Waals surface area contributed by atoms with Gasteiger partial charge < -0.3 is 15.1 Å². The zero-order valence-electron chi connectivity index (χ0n) is 16.1. The zero-order chi connectivity index (χ0) is 18.3. The molecule has 3 aliphatic rings. The van der Waals surface area contributed by atoms with E-state index in [0.717, 1.165) is 58.5 Å². The summed E-state index contributed by atoms with van der Waals surface area (Å²) >= 11 is 0. The fourth-order valence-electron chi connectivity index (χ4n) is 4.97. The molecule has 3 heterocycles. The summed E-state index contributed by atoms with van der Waals surface area (Å²) in [7, 11) is 0. The molecule has 0 aromatic heterocycles. The van der Waals surface area contributed by atoms with Crippen molar-refractivity contribution in [1.82, 2.24) is 9.80 Å². The maximum absolute atomic E-state index is 11.2. The van der Waals surface area contributed by atoms with Crippen LogP contribution in [0.25, 0.3) is 0 Å². The lowest BCUT2D eigenvalue weighted by Gasteiger charge is -2.47. The van der Waals surface area contributed by atoms with Crippen LogP contribution in [0.2, 0.25) is 0 Å². The Bertz CT molecular complexity index is 612. The summed E-state index contributed by atoms with van der Waals surface area (Å²) in [6, 6.07) is 9.59. The van der Waals surface area contributed by atoms with Gasteiger partial charge in [-0.3, -0.25) is 9.80 Å². The monoisotopic (exact) mass is 359 g/mol. The van der Waals surface area contributed by atoms with E-state index < -0.39 is 5.60 Å². The van der Waals surface area contributed by atoms with E-state index in [-0.39, 0.29) is 6.10 Å². The second-order valence-electron chi connectivity index (χ2n) is 8.82. The number of aryl methyl sites for hydroxylation is 1. The maximum atomic E-state index is 11.2. The first kappa shape index (κ1) is 18.2. The van der Waals surface area contributed by atoms with Gasteiger partial charge in [0.1, 0.15) is 0 Å². The predicted octanol–water partition coefficient (Wildman–Crippen LogP) is 1.47. The fourth-order valence-corrected chi connectivity index (χ4v) is 4.97. The molecule has 0 spiro atoms. The van der Waals surface area contributed by atoms with Gasteiger partial charge in [0.25, 0.3) is 0 Å². The minimum absolute atomic E-state index is 0.173. The molecular weight excluding hydrogens is 326 g/mol. The van der Waals surface area contributed by atoms with Crippen molar-refractivity contribution in [3.8, 4) is 0 Å². The lowest BCUT2D eigenvalue weighted by molar-refractivity contribution is -0.0472. The van der Waals surface area contributed by atoms with E-state index >= 15 is 0 Å². The fraction of sp³-hybridized carbons (Fsp3) is 0.714. The number of piperidine rings is 1. The molecule has 0 saturated carbocycles. The van der Waals surface area contributed by atoms with E-state index in [0.29, 0.717) is 12.1 Å². The van der Waals surface area contributed by atoms with Crippen LogP contribution < -0.4 is 4.90 Å². The summed E-state index contributed by atoms with van der Waals surface area (Å²) in [4.78, 5) is 7.28. The van der Waals surface area contributed by atoms with Crippen LogP contribution in [0.1, 0.15) is 31.7 Å². The molecule has 0 bridgehead atoms. The van der Waals surface area contributed by atoms with Gasteiger partial charge in [-0.2, -0.15) is 0 Å². The first-order valence-corrected chi connectivity index (χ1v) is 10.1. The van der Waals surface area contributed by atoms with Crippen LogP contribution in [0, 0.1) is 6.92 Å². The number of aliphatic hydroxyl groups excluding tert-OH is 1. The Balaban J connectivity index is 1.34. The molecule has 26 heavy (non-hydrogen) atoms. The molecule has 4 rings (SSSR count). The molecule has 1 aromatic rings. The van der Waals surface area contributed by atoms with Gasteiger partial charge in [-0.25, -0.2) is 0 Å². The largest absolute Gasteiger partial charge is 0.392 e. The second-order valence-corrected chi connectivity index (χ2v) is 8.82. The SMILES string of the molecule is Cc1ccc(N2CCC(O)(CN3CC4C[C@@H](O)CN4C[C@@H]3C)CC2)cc1. The minimum atomic E-state index is -0.588. The molecule has 3 saturated heterocycles. The third kappa shape index (κ3) is 3.77. The van der Waals surface area contributed by atoms with Gasteiger partial charge in [-0.15, -0.1) is 0 Å². The van der Waals surface area contributed by atoms with Crippen LogP contribution in [-0.2, 0) is 0 Å². The Kier molecular flexibility index (Phi) is 4.99. The van der Waals surface area contributed by atoms with Crippen molar-refractivity contribution in [2.75, 3.05) is 44.2 Å². The Morgan fingerprint density at radius 3 is 2.46 bits per heavy atom. The number of piperazine rings is 1. The molecule has 0 amide bonds. The molecule has 2 N–H and O–H groups in total. The lowest BCUT2D eigenvalue weighted by Crippen LogP contribution is -2.60. The first-order chi connectivity index (χ1) is 12.4. The summed E-state index contributed by atoms with van der Waals surface area (Å²) in [5.74, 6) is 0. The number of benzene rings is 1. The summed E-state index contributed by atoms with van der Waals surface area (Å²) in [5.41, 5.74) is 1.96. The van der Waals surface area contributed by atoms with Crippen molar-refractivity contribution in [1.29, 1.82) is 0 Å². The average molecular weight is 360 g/mol. The number of rotatable bonds is 3. The third-order valence-electron chi connectivity index (χ3n) is 6.66. The highest BCUT2D eigenvalue weighted by molar-refractivity contribution is 5.48. The number of hydrogen-bond acceptors (Lipinski definition) is 5. The highest BCUT2D eigenvalue weighted by Gasteiger charge is 2.41. The number of fused-ring (bicyclic) bond motifs is 1. The Labute approximate surface area is 157 Å². The molecule has 144 valence electrons. The van der Waals surface area contributed by atoms with E-state index in [4.69, 9.17) is 0 Å². The number of nitrogens with zero attached hydrogens (tertiary/aromatic N) is 3. The van der Waals surface area contributed by atoms with Crippen molar-refractivity contribution in [3.05, 3.63) is 29.8 Å². The van der Waals surface area contributed by atoms with Crippen molar-refractivity contribution in [3.63, 3.8) is 0 Å². The number of anilines is 1. The van der Waals surface area contributed by atoms with E-state index in [9.17, 15) is 10.2 Å². The summed E-state index contributed by atoms with van der Waals surface area (Å²) < 4.78 is 0. The van der Waals surface area contributed by atoms with Gasteiger partial charge in [0.15, 0.2) is 0 Å². The first-order valence-electron chi connectivity index (χ1n) is 10.1. The van der Waals surface area contributed by atoms with Gasteiger partial charge in [0, 0.05) is 57.0 Å². The van der Waals surface area contributed by atoms with E-state index in [1.54, 1.807) is 0 Å². The molecule has 1 aromatic carbocycles. The van der Waals surface area contributed by atoms with E-state index in [1.807, 2.05) is 0 Å². The molecule has 3 atom stereocenters. The third-order valence-corrected chi connectivity index (χ3v) is 6.66. The van der Waals surface area contributed by atoms with Crippen LogP contribution in [0.15, 0.2) is 24.3 Å². The highest BCUT2D eigenvalue weighted by Crippen LogP contribution is 2.31. The Hall–Kier alpha value is -1.14. The summed E-state index contributed by atoms with van der Waals surface area (Å²) in [6.45, 7) is 9.76. The summed E-state index contributed by atoms with van der Waals surface area (Å²) in [5, 5.41) is 21.2. The van der Waals surface area contributed by atoms with Gasteiger partial charge in [0.05, 0.1) is 11.7 Å². The maximum Gasteiger partial charge on any atom is 0.0807 e. The van der Waals surface area contributed by atoms with Crippen molar-refractivity contribution >= 4 is 5.69 Å². The highest BCUT2D eigenvalue weighted by atomic mass is 16.3. The summed E-state index contributed by atoms with van der Waals surface area (Å²) in [6.07, 6.45) is 2.35. The van der Waals surface area contributed by atoms with Gasteiger partial charge in [-0.1, -0.05) is 17.7 Å². The predicted molar refractivity (Wildman–Crippen MR) is 105 cm³/mol. The molecule has 0 radical (unpaired) electrons. The molecule has 5 nitrogen and oxygen atoms in total. The van der Waals surface area contributed by atoms with E-state index in [1.165, 1.54) is 11.3 Å². The Morgan fingerprint density at radius 1 is 1.08 bits per heavy atom. The lowest BCUT2D eigenvalue weighted by atomic mass is 9.89. The molecule has 5 heteroatoms. The van der Waals surface area contributed by atoms with Crippen molar-refractivity contribution in [2.45, 2.75) is 56.9 Å². The second kappa shape index (κ2) is 7.12. The minimum Gasteiger partial charge on any atom is -0.392 e. The van der Waals surface area contributed by atoms with Gasteiger partial charge >= 0.3 is 0 Å². The Morgan fingerprint density at radius 2 is 1.77 bits per heavy atom. The smallest absolute Gasteiger partial charge is 0.0807 e. The average Bonchev–Trinajstić information content (AvgIpc) is 2.95. The van der Waals surface area contributed by atoms with Gasteiger partial charge in [-0.05, 0) is 45.2 Å². The normalized spacial score (nSPS) is 32.6. The van der Waals surface area contributed by atoms with E-state index in [2.05, 4.69) is 52.8 Å². The molecule has 1 unspecified atom stereocenters. The molecule has 3 fully saturated rings. The van der Waals surface area contributed by atoms with Crippen molar-refractivity contribution < 1.29 is 10.2 Å². The van der Waals surface area contributed by atoms with Crippen LogP contribution >= 0.6 is 0 Å². The van der Waals surface area contributed by atoms with Crippen LogP contribution in [0.4, 0.5) is 5.69 Å². The quantitative estimate of drug-likeness (QED) is 0.856. The zero-order valence-corrected chi connectivity index (χ0v) is 16.1. The van der Waals surface area contributed by atoms with Crippen molar-refractivity contribution in [2.24, 2.45) is 0 Å². The van der Waals surface area contributed by atoms with Crippen LogP contribution in [-0.4, -0.2) is 83.1 Å². The topological polar surface area (TPSA) is 50.2 Å². The standard InChI is InChI=1S/C21H33N3O2/c1-16-3-5-18(6-4-16)22-9-7-21(26,8-10-22)15-24-13-19-11-20(25)14-23(19)12-17(24)2/h3-6,17,19-20,25-26H,7-15H2,1-2H3/t17-,19?,20+/m0/s1. The van der Waals surface area contributed by atoms with Crippen LogP contribution in [0.5, 0.6) is 0 Å². The number of aliphatic hydroxyl groups is 2. The number of β-amino-alcohol motifs (C(OH)–C–C–N with tert-alkyl or cyclic N) is 1.